The van der Waals surface area contributed by atoms with Crippen molar-refractivity contribution in [3.05, 3.63) is 0 Å². The van der Waals surface area contributed by atoms with Crippen LogP contribution in [0.2, 0.25) is 0 Å². The summed E-state index contributed by atoms with van der Waals surface area (Å²) in [6.45, 7) is 10.4. The van der Waals surface area contributed by atoms with Gasteiger partial charge in [-0.25, -0.2) is 0 Å². The van der Waals surface area contributed by atoms with Gasteiger partial charge in [0.1, 0.15) is 0 Å². The van der Waals surface area contributed by atoms with Crippen molar-refractivity contribution in [3.8, 4) is 0 Å². The van der Waals surface area contributed by atoms with Crippen LogP contribution in [-0.4, -0.2) is 47.8 Å². The summed E-state index contributed by atoms with van der Waals surface area (Å²) < 4.78 is 6.29. The van der Waals surface area contributed by atoms with Gasteiger partial charge in [0.05, 0.1) is 11.7 Å². The average molecular weight is 294 g/mol. The van der Waals surface area contributed by atoms with Crippen molar-refractivity contribution in [1.29, 1.82) is 0 Å². The summed E-state index contributed by atoms with van der Waals surface area (Å²) in [4.78, 5) is 2.82. The van der Waals surface area contributed by atoms with E-state index in [0.29, 0.717) is 17.7 Å². The fourth-order valence-corrected chi connectivity index (χ4v) is 4.67. The highest BCUT2D eigenvalue weighted by molar-refractivity contribution is 5.01. The molecule has 2 heterocycles. The topological polar surface area (TPSA) is 24.5 Å². The maximum Gasteiger partial charge on any atom is 0.0710 e. The molecule has 1 spiro atoms. The van der Waals surface area contributed by atoms with E-state index >= 15 is 0 Å². The Hall–Kier alpha value is -0.120. The van der Waals surface area contributed by atoms with Crippen molar-refractivity contribution in [2.75, 3.05) is 19.6 Å². The summed E-state index contributed by atoms with van der Waals surface area (Å²) in [5.41, 5.74) is 0.530. The Balaban J connectivity index is 1.68. The molecule has 0 amide bonds. The third-order valence-electron chi connectivity index (χ3n) is 6.09. The standard InChI is InChI=1S/C18H34N2O/c1-4-15-12-20(13-16-8-11-17(2,3)21-16)18(14-19-15)9-6-5-7-10-18/h15-16,19H,4-14H2,1-3H3. The maximum absolute atomic E-state index is 6.29. The van der Waals surface area contributed by atoms with E-state index in [1.54, 1.807) is 0 Å². The van der Waals surface area contributed by atoms with Crippen LogP contribution in [0.5, 0.6) is 0 Å². The molecule has 0 aromatic rings. The van der Waals surface area contributed by atoms with Crippen LogP contribution in [0.15, 0.2) is 0 Å². The lowest BCUT2D eigenvalue weighted by Crippen LogP contribution is -2.66. The lowest BCUT2D eigenvalue weighted by molar-refractivity contribution is -0.0638. The second-order valence-corrected chi connectivity index (χ2v) is 8.21. The van der Waals surface area contributed by atoms with Gasteiger partial charge in [-0.3, -0.25) is 4.90 Å². The summed E-state index contributed by atoms with van der Waals surface area (Å²) in [7, 11) is 0. The monoisotopic (exact) mass is 294 g/mol. The third kappa shape index (κ3) is 3.46. The highest BCUT2D eigenvalue weighted by atomic mass is 16.5. The molecule has 1 N–H and O–H groups in total. The van der Waals surface area contributed by atoms with Crippen molar-refractivity contribution in [3.63, 3.8) is 0 Å². The Bertz CT molecular complexity index is 349. The molecule has 3 rings (SSSR count). The van der Waals surface area contributed by atoms with Gasteiger partial charge in [0.25, 0.3) is 0 Å². The van der Waals surface area contributed by atoms with Crippen molar-refractivity contribution >= 4 is 0 Å². The Labute approximate surface area is 130 Å². The number of nitrogens with zero attached hydrogens (tertiary/aromatic N) is 1. The molecule has 0 radical (unpaired) electrons. The predicted molar refractivity (Wildman–Crippen MR) is 87.7 cm³/mol. The van der Waals surface area contributed by atoms with E-state index in [-0.39, 0.29) is 5.60 Å². The zero-order chi connectivity index (χ0) is 14.9. The van der Waals surface area contributed by atoms with Gasteiger partial charge in [0.15, 0.2) is 0 Å². The molecule has 2 saturated heterocycles. The molecule has 3 nitrogen and oxygen atoms in total. The molecule has 122 valence electrons. The Morgan fingerprint density at radius 1 is 1.14 bits per heavy atom. The molecule has 1 aliphatic carbocycles. The molecular formula is C18H34N2O. The minimum Gasteiger partial charge on any atom is -0.371 e. The fourth-order valence-electron chi connectivity index (χ4n) is 4.67. The number of hydrogen-bond donors (Lipinski definition) is 1. The van der Waals surface area contributed by atoms with Gasteiger partial charge in [-0.1, -0.05) is 26.2 Å². The first-order chi connectivity index (χ1) is 10.0. The Morgan fingerprint density at radius 3 is 2.52 bits per heavy atom. The minimum absolute atomic E-state index is 0.0998. The Morgan fingerprint density at radius 2 is 1.90 bits per heavy atom. The largest absolute Gasteiger partial charge is 0.371 e. The van der Waals surface area contributed by atoms with Gasteiger partial charge in [0.2, 0.25) is 0 Å². The second kappa shape index (κ2) is 6.17. The van der Waals surface area contributed by atoms with Crippen LogP contribution < -0.4 is 5.32 Å². The molecule has 1 saturated carbocycles. The molecule has 3 heteroatoms. The zero-order valence-electron chi connectivity index (χ0n) is 14.3. The predicted octanol–water partition coefficient (Wildman–Crippen LogP) is 3.33. The molecule has 3 fully saturated rings. The number of nitrogens with one attached hydrogen (secondary N) is 1. The number of piperazine rings is 1. The van der Waals surface area contributed by atoms with E-state index < -0.39 is 0 Å². The van der Waals surface area contributed by atoms with Crippen molar-refractivity contribution in [2.45, 2.75) is 95.4 Å². The van der Waals surface area contributed by atoms with Crippen LogP contribution in [-0.2, 0) is 4.74 Å². The highest BCUT2D eigenvalue weighted by Gasteiger charge is 2.44. The maximum atomic E-state index is 6.29. The molecule has 2 aliphatic heterocycles. The first-order valence-corrected chi connectivity index (χ1v) is 9.19. The van der Waals surface area contributed by atoms with E-state index in [9.17, 15) is 0 Å². The van der Waals surface area contributed by atoms with E-state index in [1.165, 1.54) is 64.5 Å². The molecule has 3 aliphatic rings. The minimum atomic E-state index is 0.0998. The van der Waals surface area contributed by atoms with E-state index in [0.717, 1.165) is 6.54 Å². The number of hydrogen-bond acceptors (Lipinski definition) is 3. The van der Waals surface area contributed by atoms with E-state index in [2.05, 4.69) is 31.0 Å². The van der Waals surface area contributed by atoms with Crippen LogP contribution in [0.4, 0.5) is 0 Å². The molecule has 0 aromatic heterocycles. The first-order valence-electron chi connectivity index (χ1n) is 9.19. The van der Waals surface area contributed by atoms with Crippen LogP contribution in [0.3, 0.4) is 0 Å². The van der Waals surface area contributed by atoms with E-state index in [1.807, 2.05) is 0 Å². The second-order valence-electron chi connectivity index (χ2n) is 8.21. The summed E-state index contributed by atoms with van der Waals surface area (Å²) in [5.74, 6) is 0. The van der Waals surface area contributed by atoms with Crippen LogP contribution >= 0.6 is 0 Å². The molecule has 0 aromatic carbocycles. The first kappa shape index (κ1) is 15.8. The summed E-state index contributed by atoms with van der Waals surface area (Å²) in [6.07, 6.45) is 11.2. The fraction of sp³-hybridized carbons (Fsp3) is 1.00. The molecule has 2 atom stereocenters. The third-order valence-corrected chi connectivity index (χ3v) is 6.09. The van der Waals surface area contributed by atoms with Crippen LogP contribution in [0.25, 0.3) is 0 Å². The zero-order valence-corrected chi connectivity index (χ0v) is 14.3. The summed E-state index contributed by atoms with van der Waals surface area (Å²) in [6, 6.07) is 0.673. The van der Waals surface area contributed by atoms with Gasteiger partial charge >= 0.3 is 0 Å². The molecule has 21 heavy (non-hydrogen) atoms. The van der Waals surface area contributed by atoms with Crippen molar-refractivity contribution in [1.82, 2.24) is 10.2 Å². The molecule has 0 bridgehead atoms. The summed E-state index contributed by atoms with van der Waals surface area (Å²) >= 11 is 0. The SMILES string of the molecule is CCC1CN(CC2CCC(C)(C)O2)C2(CCCCC2)CN1. The van der Waals surface area contributed by atoms with E-state index in [4.69, 9.17) is 4.74 Å². The van der Waals surface area contributed by atoms with Crippen LogP contribution in [0, 0.1) is 0 Å². The normalized spacial score (nSPS) is 36.1. The summed E-state index contributed by atoms with van der Waals surface area (Å²) in [5, 5.41) is 3.82. The lowest BCUT2D eigenvalue weighted by atomic mass is 9.78. The van der Waals surface area contributed by atoms with Crippen LogP contribution in [0.1, 0.15) is 72.1 Å². The van der Waals surface area contributed by atoms with Gasteiger partial charge in [-0.15, -0.1) is 0 Å². The van der Waals surface area contributed by atoms with Gasteiger partial charge in [0, 0.05) is 31.2 Å². The molecule has 2 unspecified atom stereocenters. The van der Waals surface area contributed by atoms with Crippen molar-refractivity contribution < 1.29 is 4.74 Å². The highest BCUT2D eigenvalue weighted by Crippen LogP contribution is 2.38. The average Bonchev–Trinajstić information content (AvgIpc) is 2.82. The smallest absolute Gasteiger partial charge is 0.0710 e. The number of ether oxygens (including phenoxy) is 1. The Kier molecular flexibility index (Phi) is 4.63. The van der Waals surface area contributed by atoms with Gasteiger partial charge < -0.3 is 10.1 Å². The lowest BCUT2D eigenvalue weighted by Gasteiger charge is -2.52. The number of rotatable bonds is 3. The van der Waals surface area contributed by atoms with Crippen molar-refractivity contribution in [2.24, 2.45) is 0 Å². The van der Waals surface area contributed by atoms with Gasteiger partial charge in [-0.05, 0) is 46.0 Å². The molecular weight excluding hydrogens is 260 g/mol. The van der Waals surface area contributed by atoms with Gasteiger partial charge in [-0.2, -0.15) is 0 Å². The quantitative estimate of drug-likeness (QED) is 0.864.